The Kier molecular flexibility index (Phi) is 3.65. The number of rotatable bonds is 4. The summed E-state index contributed by atoms with van der Waals surface area (Å²) < 4.78 is 5.56. The van der Waals surface area contributed by atoms with Crippen molar-refractivity contribution in [2.24, 2.45) is 0 Å². The van der Waals surface area contributed by atoms with Crippen LogP contribution in [0, 0.1) is 0 Å². The molecule has 3 heteroatoms. The second-order valence-corrected chi connectivity index (χ2v) is 5.82. The summed E-state index contributed by atoms with van der Waals surface area (Å²) in [5.41, 5.74) is 1.19. The van der Waals surface area contributed by atoms with Gasteiger partial charge in [0.1, 0.15) is 5.75 Å². The molecule has 2 saturated heterocycles. The molecule has 2 aliphatic heterocycles. The SMILES string of the molecule is CCOc1cccc(NC2CC3CCC(C2)N3C)c1. The second-order valence-electron chi connectivity index (χ2n) is 5.82. The molecule has 0 radical (unpaired) electrons. The van der Waals surface area contributed by atoms with Gasteiger partial charge in [0.25, 0.3) is 0 Å². The number of piperidine rings is 1. The van der Waals surface area contributed by atoms with Gasteiger partial charge in [-0.25, -0.2) is 0 Å². The number of ether oxygens (including phenoxy) is 1. The number of hydrogen-bond donors (Lipinski definition) is 1. The summed E-state index contributed by atoms with van der Waals surface area (Å²) in [5, 5.41) is 3.69. The van der Waals surface area contributed by atoms with Crippen LogP contribution < -0.4 is 10.1 Å². The summed E-state index contributed by atoms with van der Waals surface area (Å²) in [6.07, 6.45) is 5.29. The third kappa shape index (κ3) is 2.71. The van der Waals surface area contributed by atoms with Crippen molar-refractivity contribution in [2.45, 2.75) is 50.7 Å². The van der Waals surface area contributed by atoms with Crippen LogP contribution in [-0.4, -0.2) is 36.7 Å². The van der Waals surface area contributed by atoms with Crippen LogP contribution in [0.2, 0.25) is 0 Å². The molecule has 0 amide bonds. The summed E-state index contributed by atoms with van der Waals surface area (Å²) >= 11 is 0. The molecule has 2 fully saturated rings. The van der Waals surface area contributed by atoms with Gasteiger partial charge in [-0.3, -0.25) is 0 Å². The quantitative estimate of drug-likeness (QED) is 0.900. The van der Waals surface area contributed by atoms with E-state index < -0.39 is 0 Å². The van der Waals surface area contributed by atoms with E-state index in [-0.39, 0.29) is 0 Å². The minimum absolute atomic E-state index is 0.616. The molecule has 0 aliphatic carbocycles. The number of nitrogens with zero attached hydrogens (tertiary/aromatic N) is 1. The average Bonchev–Trinajstić information content (AvgIpc) is 2.63. The fraction of sp³-hybridized carbons (Fsp3) is 0.625. The number of fused-ring (bicyclic) bond motifs is 2. The Labute approximate surface area is 115 Å². The smallest absolute Gasteiger partial charge is 0.121 e. The van der Waals surface area contributed by atoms with Gasteiger partial charge < -0.3 is 15.0 Å². The van der Waals surface area contributed by atoms with Crippen LogP contribution in [0.25, 0.3) is 0 Å². The Morgan fingerprint density at radius 3 is 2.68 bits per heavy atom. The van der Waals surface area contributed by atoms with E-state index in [1.165, 1.54) is 31.4 Å². The highest BCUT2D eigenvalue weighted by Gasteiger charge is 2.38. The fourth-order valence-electron chi connectivity index (χ4n) is 3.61. The third-order valence-electron chi connectivity index (χ3n) is 4.61. The minimum atomic E-state index is 0.616. The Balaban J connectivity index is 1.64. The number of hydrogen-bond acceptors (Lipinski definition) is 3. The molecule has 3 rings (SSSR count). The van der Waals surface area contributed by atoms with Gasteiger partial charge in [-0.15, -0.1) is 0 Å². The van der Waals surface area contributed by atoms with E-state index in [4.69, 9.17) is 4.74 Å². The molecule has 2 aliphatic rings. The average molecular weight is 260 g/mol. The fourth-order valence-corrected chi connectivity index (χ4v) is 3.61. The van der Waals surface area contributed by atoms with E-state index in [2.05, 4.69) is 35.5 Å². The largest absolute Gasteiger partial charge is 0.494 e. The first-order valence-electron chi connectivity index (χ1n) is 7.47. The zero-order valence-electron chi connectivity index (χ0n) is 11.9. The van der Waals surface area contributed by atoms with Gasteiger partial charge in [0.2, 0.25) is 0 Å². The van der Waals surface area contributed by atoms with E-state index in [9.17, 15) is 0 Å². The molecule has 104 valence electrons. The lowest BCUT2D eigenvalue weighted by atomic mass is 9.98. The molecule has 0 saturated carbocycles. The van der Waals surface area contributed by atoms with E-state index in [1.807, 2.05) is 13.0 Å². The van der Waals surface area contributed by atoms with E-state index in [1.54, 1.807) is 0 Å². The molecule has 19 heavy (non-hydrogen) atoms. The summed E-state index contributed by atoms with van der Waals surface area (Å²) in [4.78, 5) is 2.58. The van der Waals surface area contributed by atoms with Gasteiger partial charge in [-0.2, -0.15) is 0 Å². The van der Waals surface area contributed by atoms with Crippen LogP contribution in [-0.2, 0) is 0 Å². The molecule has 1 N–H and O–H groups in total. The molecule has 2 heterocycles. The van der Waals surface area contributed by atoms with Gasteiger partial charge in [0, 0.05) is 29.9 Å². The molecule has 2 atom stereocenters. The van der Waals surface area contributed by atoms with Crippen LogP contribution >= 0.6 is 0 Å². The highest BCUT2D eigenvalue weighted by molar-refractivity contribution is 5.49. The first kappa shape index (κ1) is 12.8. The molecule has 2 bridgehead atoms. The highest BCUT2D eigenvalue weighted by atomic mass is 16.5. The summed E-state index contributed by atoms with van der Waals surface area (Å²) in [7, 11) is 2.29. The molecule has 1 aromatic carbocycles. The van der Waals surface area contributed by atoms with Gasteiger partial charge in [-0.1, -0.05) is 6.07 Å². The molecule has 0 spiro atoms. The van der Waals surface area contributed by atoms with E-state index in [0.717, 1.165) is 24.4 Å². The van der Waals surface area contributed by atoms with Gasteiger partial charge in [0.05, 0.1) is 6.61 Å². The Morgan fingerprint density at radius 1 is 1.26 bits per heavy atom. The zero-order valence-corrected chi connectivity index (χ0v) is 11.9. The van der Waals surface area contributed by atoms with Crippen LogP contribution in [0.1, 0.15) is 32.6 Å². The predicted molar refractivity (Wildman–Crippen MR) is 78.8 cm³/mol. The maximum atomic E-state index is 5.56. The number of nitrogens with one attached hydrogen (secondary N) is 1. The van der Waals surface area contributed by atoms with Crippen molar-refractivity contribution < 1.29 is 4.74 Å². The van der Waals surface area contributed by atoms with Crippen molar-refractivity contribution in [3.05, 3.63) is 24.3 Å². The highest BCUT2D eigenvalue weighted by Crippen LogP contribution is 2.35. The summed E-state index contributed by atoms with van der Waals surface area (Å²) in [5.74, 6) is 0.961. The molecule has 1 aromatic rings. The monoisotopic (exact) mass is 260 g/mol. The summed E-state index contributed by atoms with van der Waals surface area (Å²) in [6.45, 7) is 2.75. The number of anilines is 1. The predicted octanol–water partition coefficient (Wildman–Crippen LogP) is 3.12. The van der Waals surface area contributed by atoms with Crippen molar-refractivity contribution >= 4 is 5.69 Å². The van der Waals surface area contributed by atoms with Gasteiger partial charge in [-0.05, 0) is 51.8 Å². The lowest BCUT2D eigenvalue weighted by molar-refractivity contribution is 0.169. The zero-order chi connectivity index (χ0) is 13.2. The number of benzene rings is 1. The first-order valence-corrected chi connectivity index (χ1v) is 7.47. The van der Waals surface area contributed by atoms with Gasteiger partial charge in [0.15, 0.2) is 0 Å². The van der Waals surface area contributed by atoms with Crippen LogP contribution in [0.5, 0.6) is 5.75 Å². The molecular formula is C16H24N2O. The van der Waals surface area contributed by atoms with Crippen LogP contribution in [0.4, 0.5) is 5.69 Å². The maximum absolute atomic E-state index is 5.56. The van der Waals surface area contributed by atoms with Crippen LogP contribution in [0.15, 0.2) is 24.3 Å². The summed E-state index contributed by atoms with van der Waals surface area (Å²) in [6, 6.07) is 10.5. The second kappa shape index (κ2) is 5.41. The standard InChI is InChI=1S/C16H24N2O/c1-3-19-16-6-4-5-12(11-16)17-13-9-14-7-8-15(10-13)18(14)2/h4-6,11,13-15,17H,3,7-10H2,1-2H3. The van der Waals surface area contributed by atoms with E-state index >= 15 is 0 Å². The van der Waals surface area contributed by atoms with Crippen molar-refractivity contribution in [3.8, 4) is 5.75 Å². The normalized spacial score (nSPS) is 30.3. The Morgan fingerprint density at radius 2 is 2.00 bits per heavy atom. The van der Waals surface area contributed by atoms with E-state index in [0.29, 0.717) is 6.04 Å². The molecule has 2 unspecified atom stereocenters. The molecule has 3 nitrogen and oxygen atoms in total. The van der Waals surface area contributed by atoms with Crippen LogP contribution in [0.3, 0.4) is 0 Å². The Hall–Kier alpha value is -1.22. The molecular weight excluding hydrogens is 236 g/mol. The van der Waals surface area contributed by atoms with Crippen molar-refractivity contribution in [3.63, 3.8) is 0 Å². The molecule has 0 aromatic heterocycles. The maximum Gasteiger partial charge on any atom is 0.121 e. The minimum Gasteiger partial charge on any atom is -0.494 e. The lowest BCUT2D eigenvalue weighted by Gasteiger charge is -2.37. The van der Waals surface area contributed by atoms with Crippen molar-refractivity contribution in [1.82, 2.24) is 4.90 Å². The topological polar surface area (TPSA) is 24.5 Å². The Bertz CT molecular complexity index is 421. The van der Waals surface area contributed by atoms with Crippen molar-refractivity contribution in [1.29, 1.82) is 0 Å². The lowest BCUT2D eigenvalue weighted by Crippen LogP contribution is -2.44. The van der Waals surface area contributed by atoms with Gasteiger partial charge >= 0.3 is 0 Å². The first-order chi connectivity index (χ1) is 9.26. The van der Waals surface area contributed by atoms with Crippen molar-refractivity contribution in [2.75, 3.05) is 19.0 Å². The third-order valence-corrected chi connectivity index (χ3v) is 4.61.